The molecule has 0 aromatic carbocycles. The van der Waals surface area contributed by atoms with Gasteiger partial charge in [-0.3, -0.25) is 4.79 Å². The van der Waals surface area contributed by atoms with Crippen LogP contribution in [0.2, 0.25) is 0 Å². The molecule has 5 heteroatoms. The summed E-state index contributed by atoms with van der Waals surface area (Å²) in [6, 6.07) is 0.255. The average Bonchev–Trinajstić information content (AvgIpc) is 2.83. The maximum Gasteiger partial charge on any atom is 0.225 e. The van der Waals surface area contributed by atoms with Gasteiger partial charge in [0.15, 0.2) is 5.13 Å². The van der Waals surface area contributed by atoms with Crippen LogP contribution in [0.3, 0.4) is 0 Å². The van der Waals surface area contributed by atoms with Gasteiger partial charge in [-0.2, -0.15) is 0 Å². The van der Waals surface area contributed by atoms with Gasteiger partial charge in [0.05, 0.1) is 0 Å². The number of carbonyl (C=O) groups excluding carboxylic acids is 1. The van der Waals surface area contributed by atoms with Crippen LogP contribution in [0.15, 0.2) is 11.6 Å². The monoisotopic (exact) mass is 253 g/mol. The number of carbonyl (C=O) groups is 1. The molecule has 0 spiro atoms. The first-order valence-electron chi connectivity index (χ1n) is 5.92. The van der Waals surface area contributed by atoms with E-state index in [-0.39, 0.29) is 17.4 Å². The highest BCUT2D eigenvalue weighted by atomic mass is 32.1. The highest BCUT2D eigenvalue weighted by Crippen LogP contribution is 2.23. The fraction of sp³-hybridized carbons (Fsp3) is 0.667. The highest BCUT2D eigenvalue weighted by Gasteiger charge is 2.29. The van der Waals surface area contributed by atoms with Gasteiger partial charge in [-0.15, -0.1) is 11.3 Å². The van der Waals surface area contributed by atoms with Crippen molar-refractivity contribution in [1.82, 2.24) is 10.3 Å². The van der Waals surface area contributed by atoms with E-state index in [0.29, 0.717) is 0 Å². The van der Waals surface area contributed by atoms with Crippen molar-refractivity contribution in [1.29, 1.82) is 0 Å². The minimum absolute atomic E-state index is 0.128. The van der Waals surface area contributed by atoms with Crippen molar-refractivity contribution in [2.24, 2.45) is 5.41 Å². The van der Waals surface area contributed by atoms with E-state index in [2.05, 4.69) is 15.2 Å². The molecule has 4 nitrogen and oxygen atoms in total. The summed E-state index contributed by atoms with van der Waals surface area (Å²) in [6.45, 7) is 7.67. The van der Waals surface area contributed by atoms with Crippen molar-refractivity contribution >= 4 is 22.4 Å². The zero-order valence-corrected chi connectivity index (χ0v) is 11.4. The molecule has 1 saturated heterocycles. The lowest BCUT2D eigenvalue weighted by Gasteiger charge is -2.21. The van der Waals surface area contributed by atoms with Crippen molar-refractivity contribution in [2.75, 3.05) is 18.0 Å². The molecule has 94 valence electrons. The standard InChI is InChI=1S/C12H19N3OS/c1-12(2,3)10(16)14-9-4-6-15(8-9)11-13-5-7-17-11/h5,7,9H,4,6,8H2,1-3H3,(H,14,16)/t9-/m0/s1. The number of hydrogen-bond donors (Lipinski definition) is 1. The Morgan fingerprint density at radius 2 is 2.35 bits per heavy atom. The van der Waals surface area contributed by atoms with Crippen molar-refractivity contribution in [2.45, 2.75) is 33.2 Å². The number of hydrogen-bond acceptors (Lipinski definition) is 4. The van der Waals surface area contributed by atoms with Crippen molar-refractivity contribution in [3.63, 3.8) is 0 Å². The summed E-state index contributed by atoms with van der Waals surface area (Å²) in [5.74, 6) is 0.128. The Morgan fingerprint density at radius 1 is 1.59 bits per heavy atom. The second-order valence-corrected chi connectivity index (χ2v) is 6.34. The minimum atomic E-state index is -0.311. The van der Waals surface area contributed by atoms with Gasteiger partial charge < -0.3 is 10.2 Å². The Bertz CT molecular complexity index is 383. The molecule has 1 aromatic heterocycles. The molecule has 2 heterocycles. The van der Waals surface area contributed by atoms with E-state index >= 15 is 0 Å². The van der Waals surface area contributed by atoms with Crippen LogP contribution < -0.4 is 10.2 Å². The summed E-state index contributed by atoms with van der Waals surface area (Å²) < 4.78 is 0. The van der Waals surface area contributed by atoms with Crippen LogP contribution >= 0.6 is 11.3 Å². The summed E-state index contributed by atoms with van der Waals surface area (Å²) in [4.78, 5) is 18.4. The normalized spacial score (nSPS) is 20.6. The number of rotatable bonds is 2. The van der Waals surface area contributed by atoms with E-state index < -0.39 is 0 Å². The van der Waals surface area contributed by atoms with Crippen molar-refractivity contribution < 1.29 is 4.79 Å². The Kier molecular flexibility index (Phi) is 3.38. The van der Waals surface area contributed by atoms with Crippen LogP contribution in [0, 0.1) is 5.41 Å². The van der Waals surface area contributed by atoms with E-state index in [1.165, 1.54) is 0 Å². The lowest BCUT2D eigenvalue weighted by molar-refractivity contribution is -0.129. The lowest BCUT2D eigenvalue weighted by Crippen LogP contribution is -2.43. The SMILES string of the molecule is CC(C)(C)C(=O)N[C@H]1CCN(c2nccs2)C1. The predicted molar refractivity (Wildman–Crippen MR) is 70.3 cm³/mol. The minimum Gasteiger partial charge on any atom is -0.351 e. The largest absolute Gasteiger partial charge is 0.351 e. The molecule has 1 aliphatic rings. The molecule has 2 rings (SSSR count). The van der Waals surface area contributed by atoms with E-state index in [4.69, 9.17) is 0 Å². The van der Waals surface area contributed by atoms with Gasteiger partial charge in [-0.05, 0) is 6.42 Å². The maximum atomic E-state index is 11.9. The van der Waals surface area contributed by atoms with Crippen LogP contribution in [-0.2, 0) is 4.79 Å². The molecule has 0 saturated carbocycles. The predicted octanol–water partition coefficient (Wildman–Crippen LogP) is 1.88. The molecule has 1 atom stereocenters. The summed E-state index contributed by atoms with van der Waals surface area (Å²) in [6.07, 6.45) is 2.82. The Balaban J connectivity index is 1.89. The molecular formula is C12H19N3OS. The summed E-state index contributed by atoms with van der Waals surface area (Å²) >= 11 is 1.65. The average molecular weight is 253 g/mol. The van der Waals surface area contributed by atoms with Gasteiger partial charge in [0.2, 0.25) is 5.91 Å². The quantitative estimate of drug-likeness (QED) is 0.875. The number of nitrogens with one attached hydrogen (secondary N) is 1. The van der Waals surface area contributed by atoms with E-state index in [0.717, 1.165) is 24.6 Å². The first-order valence-corrected chi connectivity index (χ1v) is 6.80. The molecule has 1 amide bonds. The zero-order chi connectivity index (χ0) is 12.5. The molecule has 1 aliphatic heterocycles. The van der Waals surface area contributed by atoms with E-state index in [1.54, 1.807) is 11.3 Å². The molecule has 1 N–H and O–H groups in total. The van der Waals surface area contributed by atoms with Gasteiger partial charge in [-0.1, -0.05) is 20.8 Å². The maximum absolute atomic E-state index is 11.9. The molecule has 17 heavy (non-hydrogen) atoms. The second kappa shape index (κ2) is 4.64. The van der Waals surface area contributed by atoms with Gasteiger partial charge in [0.1, 0.15) is 0 Å². The first-order chi connectivity index (χ1) is 7.97. The van der Waals surface area contributed by atoms with Crippen molar-refractivity contribution in [3.05, 3.63) is 11.6 Å². The number of amides is 1. The summed E-state index contributed by atoms with van der Waals surface area (Å²) in [5, 5.41) is 6.14. The van der Waals surface area contributed by atoms with Crippen LogP contribution in [0.25, 0.3) is 0 Å². The smallest absolute Gasteiger partial charge is 0.225 e. The molecule has 1 fully saturated rings. The van der Waals surface area contributed by atoms with Crippen LogP contribution in [0.5, 0.6) is 0 Å². The number of anilines is 1. The zero-order valence-electron chi connectivity index (χ0n) is 10.6. The fourth-order valence-electron chi connectivity index (χ4n) is 1.83. The van der Waals surface area contributed by atoms with Gasteiger partial charge in [0.25, 0.3) is 0 Å². The fourth-order valence-corrected chi connectivity index (χ4v) is 2.51. The Hall–Kier alpha value is -1.10. The molecule has 0 aliphatic carbocycles. The van der Waals surface area contributed by atoms with E-state index in [1.807, 2.05) is 32.3 Å². The third-order valence-corrected chi connectivity index (χ3v) is 3.73. The van der Waals surface area contributed by atoms with Gasteiger partial charge in [-0.25, -0.2) is 4.98 Å². The van der Waals surface area contributed by atoms with Crippen LogP contribution in [0.1, 0.15) is 27.2 Å². The second-order valence-electron chi connectivity index (χ2n) is 5.47. The molecule has 0 unspecified atom stereocenters. The van der Waals surface area contributed by atoms with Gasteiger partial charge >= 0.3 is 0 Å². The first kappa shape index (κ1) is 12.4. The summed E-state index contributed by atoms with van der Waals surface area (Å²) in [7, 11) is 0. The highest BCUT2D eigenvalue weighted by molar-refractivity contribution is 7.13. The third kappa shape index (κ3) is 2.97. The molecule has 1 aromatic rings. The molecule has 0 bridgehead atoms. The van der Waals surface area contributed by atoms with Crippen LogP contribution in [0.4, 0.5) is 5.13 Å². The van der Waals surface area contributed by atoms with Gasteiger partial charge in [0, 0.05) is 36.1 Å². The van der Waals surface area contributed by atoms with Crippen molar-refractivity contribution in [3.8, 4) is 0 Å². The lowest BCUT2D eigenvalue weighted by atomic mass is 9.95. The number of thiazole rings is 1. The molecule has 0 radical (unpaired) electrons. The van der Waals surface area contributed by atoms with E-state index in [9.17, 15) is 4.79 Å². The Morgan fingerprint density at radius 3 is 2.94 bits per heavy atom. The number of nitrogens with zero attached hydrogens (tertiary/aromatic N) is 2. The molecular weight excluding hydrogens is 234 g/mol. The summed E-state index contributed by atoms with van der Waals surface area (Å²) in [5.41, 5.74) is -0.311. The number of aromatic nitrogens is 1. The topological polar surface area (TPSA) is 45.2 Å². The third-order valence-electron chi connectivity index (χ3n) is 2.89. The Labute approximate surface area is 106 Å². The van der Waals surface area contributed by atoms with Crippen LogP contribution in [-0.4, -0.2) is 30.0 Å².